The van der Waals surface area contributed by atoms with Crippen LogP contribution in [0.25, 0.3) is 11.1 Å². The molecule has 3 N–H and O–H groups in total. The molecule has 0 aliphatic rings. The number of pyridine rings is 1. The number of nitrogens with zero attached hydrogens (tertiary/aromatic N) is 1. The van der Waals surface area contributed by atoms with Gasteiger partial charge in [-0.05, 0) is 55.0 Å². The van der Waals surface area contributed by atoms with Gasteiger partial charge in [0.05, 0.1) is 0 Å². The summed E-state index contributed by atoms with van der Waals surface area (Å²) in [4.78, 5) is 16.4. The summed E-state index contributed by atoms with van der Waals surface area (Å²) in [5, 5.41) is 9.47. The third-order valence-electron chi connectivity index (χ3n) is 5.33. The van der Waals surface area contributed by atoms with Crippen LogP contribution in [0.4, 0.5) is 0 Å². The van der Waals surface area contributed by atoms with Crippen molar-refractivity contribution in [3.05, 3.63) is 82.2 Å². The van der Waals surface area contributed by atoms with Crippen LogP contribution >= 0.6 is 24.8 Å². The molecule has 178 valence electrons. The standard InChI is InChI=1S/C26H30N2O3.2ClH/c1-16(2)13-23-21(14-27)25(19-11-9-17(3)10-12-19)22(18(4)28-23)15-31-24-8-6-5-7-20(24)26(29)30;;/h5-12,16H,13-15,27H2,1-4H3,(H,29,30);2*1H. The maximum Gasteiger partial charge on any atom is 0.339 e. The Morgan fingerprint density at radius 2 is 1.67 bits per heavy atom. The molecule has 3 rings (SSSR count). The maximum absolute atomic E-state index is 11.6. The van der Waals surface area contributed by atoms with Crippen LogP contribution in [0.15, 0.2) is 48.5 Å². The average Bonchev–Trinajstić information content (AvgIpc) is 2.73. The lowest BCUT2D eigenvalue weighted by Gasteiger charge is -2.21. The van der Waals surface area contributed by atoms with Crippen molar-refractivity contribution in [3.8, 4) is 16.9 Å². The fraction of sp³-hybridized carbons (Fsp3) is 0.308. The van der Waals surface area contributed by atoms with Crippen molar-refractivity contribution < 1.29 is 14.6 Å². The zero-order chi connectivity index (χ0) is 22.5. The Balaban J connectivity index is 0.00000272. The number of halogens is 2. The Kier molecular flexibility index (Phi) is 10.8. The van der Waals surface area contributed by atoms with Crippen LogP contribution in [0, 0.1) is 19.8 Å². The highest BCUT2D eigenvalue weighted by Crippen LogP contribution is 2.33. The SMILES string of the molecule is Cc1ccc(-c2c(COc3ccccc3C(=O)O)c(C)nc(CC(C)C)c2CN)cc1.Cl.Cl. The third-order valence-corrected chi connectivity index (χ3v) is 5.33. The Labute approximate surface area is 208 Å². The van der Waals surface area contributed by atoms with Crippen molar-refractivity contribution in [3.63, 3.8) is 0 Å². The number of hydrogen-bond acceptors (Lipinski definition) is 4. The number of hydrogen-bond donors (Lipinski definition) is 2. The minimum atomic E-state index is -1.01. The molecule has 0 spiro atoms. The van der Waals surface area contributed by atoms with E-state index >= 15 is 0 Å². The molecule has 7 heteroatoms. The summed E-state index contributed by atoms with van der Waals surface area (Å²) in [7, 11) is 0. The second kappa shape index (κ2) is 12.6. The summed E-state index contributed by atoms with van der Waals surface area (Å²) in [6, 6.07) is 15.0. The molecule has 0 radical (unpaired) electrons. The third kappa shape index (κ3) is 6.70. The molecule has 0 amide bonds. The number of ether oxygens (including phenoxy) is 1. The van der Waals surface area contributed by atoms with Crippen LogP contribution in [0.2, 0.25) is 0 Å². The molecule has 5 nitrogen and oxygen atoms in total. The van der Waals surface area contributed by atoms with Crippen molar-refractivity contribution in [1.29, 1.82) is 0 Å². The summed E-state index contributed by atoms with van der Waals surface area (Å²) < 4.78 is 6.01. The van der Waals surface area contributed by atoms with E-state index in [0.717, 1.165) is 40.1 Å². The van der Waals surface area contributed by atoms with Gasteiger partial charge >= 0.3 is 5.97 Å². The largest absolute Gasteiger partial charge is 0.488 e. The van der Waals surface area contributed by atoms with Gasteiger partial charge in [0, 0.05) is 23.5 Å². The first-order chi connectivity index (χ1) is 14.8. The predicted octanol–water partition coefficient (Wildman–Crippen LogP) is 6.14. The van der Waals surface area contributed by atoms with E-state index in [0.29, 0.717) is 18.2 Å². The first-order valence-electron chi connectivity index (χ1n) is 10.5. The number of carboxylic acid groups (broad SMARTS) is 1. The molecule has 0 bridgehead atoms. The number of nitrogens with two attached hydrogens (primary N) is 1. The number of para-hydroxylation sites is 1. The number of aromatic carboxylic acids is 1. The minimum Gasteiger partial charge on any atom is -0.488 e. The van der Waals surface area contributed by atoms with Crippen LogP contribution in [0.5, 0.6) is 5.75 Å². The van der Waals surface area contributed by atoms with Crippen molar-refractivity contribution in [2.75, 3.05) is 0 Å². The number of aryl methyl sites for hydroxylation is 2. The van der Waals surface area contributed by atoms with Gasteiger partial charge in [0.15, 0.2) is 0 Å². The molecular weight excluding hydrogens is 459 g/mol. The van der Waals surface area contributed by atoms with Crippen LogP contribution in [0.3, 0.4) is 0 Å². The van der Waals surface area contributed by atoms with Gasteiger partial charge in [-0.15, -0.1) is 24.8 Å². The normalized spacial score (nSPS) is 10.4. The molecule has 0 unspecified atom stereocenters. The van der Waals surface area contributed by atoms with Gasteiger partial charge < -0.3 is 15.6 Å². The Morgan fingerprint density at radius 1 is 1.03 bits per heavy atom. The summed E-state index contributed by atoms with van der Waals surface area (Å²) in [6.07, 6.45) is 0.842. The monoisotopic (exact) mass is 490 g/mol. The van der Waals surface area contributed by atoms with Crippen molar-refractivity contribution in [2.45, 2.75) is 47.3 Å². The van der Waals surface area contributed by atoms with Crippen LogP contribution < -0.4 is 10.5 Å². The molecule has 0 fully saturated rings. The predicted molar refractivity (Wildman–Crippen MR) is 138 cm³/mol. The molecule has 1 heterocycles. The zero-order valence-corrected chi connectivity index (χ0v) is 21.1. The fourth-order valence-electron chi connectivity index (χ4n) is 3.78. The van der Waals surface area contributed by atoms with Gasteiger partial charge in [0.25, 0.3) is 0 Å². The lowest BCUT2D eigenvalue weighted by molar-refractivity contribution is 0.0691. The molecule has 2 aromatic carbocycles. The Bertz CT molecular complexity index is 1080. The minimum absolute atomic E-state index is 0. The quantitative estimate of drug-likeness (QED) is 0.395. The van der Waals surface area contributed by atoms with Crippen LogP contribution in [-0.2, 0) is 19.6 Å². The van der Waals surface area contributed by atoms with Gasteiger partial charge in [-0.25, -0.2) is 4.79 Å². The molecule has 3 aromatic rings. The van der Waals surface area contributed by atoms with E-state index in [1.165, 1.54) is 5.56 Å². The molecule has 0 aliphatic heterocycles. The van der Waals surface area contributed by atoms with E-state index in [9.17, 15) is 9.90 Å². The van der Waals surface area contributed by atoms with Crippen molar-refractivity contribution >= 4 is 30.8 Å². The van der Waals surface area contributed by atoms with E-state index in [4.69, 9.17) is 15.5 Å². The van der Waals surface area contributed by atoms with Gasteiger partial charge in [0.1, 0.15) is 17.9 Å². The number of carbonyl (C=O) groups is 1. The molecule has 0 saturated carbocycles. The van der Waals surface area contributed by atoms with E-state index in [1.807, 2.05) is 6.92 Å². The highest BCUT2D eigenvalue weighted by molar-refractivity contribution is 5.90. The average molecular weight is 491 g/mol. The molecule has 0 aliphatic carbocycles. The maximum atomic E-state index is 11.6. The molecule has 0 saturated heterocycles. The highest BCUT2D eigenvalue weighted by atomic mass is 35.5. The fourth-order valence-corrected chi connectivity index (χ4v) is 3.78. The van der Waals surface area contributed by atoms with E-state index in [-0.39, 0.29) is 37.0 Å². The zero-order valence-electron chi connectivity index (χ0n) is 19.4. The number of carboxylic acids is 1. The summed E-state index contributed by atoms with van der Waals surface area (Å²) >= 11 is 0. The summed E-state index contributed by atoms with van der Waals surface area (Å²) in [5.41, 5.74) is 13.5. The Morgan fingerprint density at radius 3 is 2.24 bits per heavy atom. The lowest BCUT2D eigenvalue weighted by atomic mass is 9.90. The van der Waals surface area contributed by atoms with Gasteiger partial charge in [-0.1, -0.05) is 55.8 Å². The van der Waals surface area contributed by atoms with Crippen molar-refractivity contribution in [2.24, 2.45) is 11.7 Å². The van der Waals surface area contributed by atoms with E-state index < -0.39 is 5.97 Å². The lowest BCUT2D eigenvalue weighted by Crippen LogP contribution is -2.14. The molecule has 1 aromatic heterocycles. The first kappa shape index (κ1) is 28.4. The van der Waals surface area contributed by atoms with E-state index in [1.54, 1.807) is 24.3 Å². The van der Waals surface area contributed by atoms with Gasteiger partial charge in [0.2, 0.25) is 0 Å². The number of benzene rings is 2. The second-order valence-electron chi connectivity index (χ2n) is 8.23. The first-order valence-corrected chi connectivity index (χ1v) is 10.5. The number of aromatic nitrogens is 1. The van der Waals surface area contributed by atoms with Gasteiger partial charge in [-0.2, -0.15) is 0 Å². The Hall–Kier alpha value is -2.60. The molecule has 0 atom stereocenters. The smallest absolute Gasteiger partial charge is 0.339 e. The van der Waals surface area contributed by atoms with Crippen LogP contribution in [0.1, 0.15) is 52.3 Å². The van der Waals surface area contributed by atoms with Crippen LogP contribution in [-0.4, -0.2) is 16.1 Å². The summed E-state index contributed by atoms with van der Waals surface area (Å²) in [6.45, 7) is 8.95. The van der Waals surface area contributed by atoms with Gasteiger partial charge in [-0.3, -0.25) is 4.98 Å². The van der Waals surface area contributed by atoms with Crippen molar-refractivity contribution in [1.82, 2.24) is 4.98 Å². The second-order valence-corrected chi connectivity index (χ2v) is 8.23. The van der Waals surface area contributed by atoms with E-state index in [2.05, 4.69) is 45.0 Å². The highest BCUT2D eigenvalue weighted by Gasteiger charge is 2.20. The summed E-state index contributed by atoms with van der Waals surface area (Å²) in [5.74, 6) is -0.225. The topological polar surface area (TPSA) is 85.4 Å². The molecule has 33 heavy (non-hydrogen) atoms. The molecular formula is C26H32Cl2N2O3. The number of rotatable bonds is 8.